The van der Waals surface area contributed by atoms with Crippen LogP contribution in [0.3, 0.4) is 0 Å². The maximum atomic E-state index is 13.7. The zero-order valence-electron chi connectivity index (χ0n) is 21.9. The van der Waals surface area contributed by atoms with E-state index in [1.165, 1.54) is 11.6 Å². The highest BCUT2D eigenvalue weighted by Gasteiger charge is 2.28. The van der Waals surface area contributed by atoms with Crippen LogP contribution in [0.1, 0.15) is 90.7 Å². The molecule has 0 spiro atoms. The van der Waals surface area contributed by atoms with E-state index in [4.69, 9.17) is 0 Å². The molecule has 1 heterocycles. The van der Waals surface area contributed by atoms with Crippen molar-refractivity contribution >= 4 is 12.0 Å². The van der Waals surface area contributed by atoms with Crippen LogP contribution in [0.5, 0.6) is 0 Å². The largest absolute Gasteiger partial charge is 0.338 e. The Morgan fingerprint density at radius 2 is 1.81 bits per heavy atom. The van der Waals surface area contributed by atoms with Gasteiger partial charge >= 0.3 is 0 Å². The summed E-state index contributed by atoms with van der Waals surface area (Å²) in [6.45, 7) is 3.71. The van der Waals surface area contributed by atoms with E-state index in [2.05, 4.69) is 28.7 Å². The van der Waals surface area contributed by atoms with E-state index in [1.807, 2.05) is 42.5 Å². The van der Waals surface area contributed by atoms with Gasteiger partial charge in [0.05, 0.1) is 11.9 Å². The third-order valence-electron chi connectivity index (χ3n) is 7.24. The van der Waals surface area contributed by atoms with E-state index >= 15 is 0 Å². The van der Waals surface area contributed by atoms with Crippen molar-refractivity contribution in [1.29, 1.82) is 0 Å². The number of benzene rings is 2. The van der Waals surface area contributed by atoms with Crippen molar-refractivity contribution in [3.05, 3.63) is 94.3 Å². The van der Waals surface area contributed by atoms with Gasteiger partial charge in [-0.2, -0.15) is 5.10 Å². The van der Waals surface area contributed by atoms with Crippen molar-refractivity contribution in [2.45, 2.75) is 70.8 Å². The number of unbranched alkanes of at least 4 members (excludes halogenated alkanes) is 1. The Kier molecular flexibility index (Phi) is 9.26. The van der Waals surface area contributed by atoms with Crippen LogP contribution in [0.25, 0.3) is 0 Å². The Hall–Kier alpha value is -3.28. The lowest BCUT2D eigenvalue weighted by Gasteiger charge is -2.19. The van der Waals surface area contributed by atoms with Gasteiger partial charge in [0.15, 0.2) is 17.4 Å². The molecular weight excluding hydrogens is 468 g/mol. The normalized spacial score (nSPS) is 14.1. The minimum Gasteiger partial charge on any atom is -0.338 e. The van der Waals surface area contributed by atoms with E-state index in [0.29, 0.717) is 24.4 Å². The number of nitrogens with zero attached hydrogens (tertiary/aromatic N) is 3. The number of aryl methyl sites for hydroxylation is 1. The van der Waals surface area contributed by atoms with Crippen LogP contribution in [0.15, 0.2) is 59.7 Å². The highest BCUT2D eigenvalue weighted by atomic mass is 19.2. The van der Waals surface area contributed by atoms with Gasteiger partial charge in [-0.15, -0.1) is 0 Å². The fraction of sp³-hybridized carbons (Fsp3) is 0.419. The number of carbonyl (C=O) groups excluding carboxylic acids is 1. The number of Topliss-reactive ketones (excluding diaryl/α,β-unsaturated/α-hetero) is 1. The molecule has 1 fully saturated rings. The fourth-order valence-electron chi connectivity index (χ4n) is 5.19. The lowest BCUT2D eigenvalue weighted by atomic mass is 9.95. The number of hydrogen-bond donors (Lipinski definition) is 0. The van der Waals surface area contributed by atoms with Crippen molar-refractivity contribution in [2.75, 3.05) is 13.6 Å². The first-order chi connectivity index (χ1) is 18.0. The van der Waals surface area contributed by atoms with Crippen LogP contribution in [0.2, 0.25) is 0 Å². The van der Waals surface area contributed by atoms with E-state index in [1.54, 1.807) is 6.07 Å². The third kappa shape index (κ3) is 6.94. The Balaban J connectivity index is 1.68. The topological polar surface area (TPSA) is 37.6 Å². The van der Waals surface area contributed by atoms with Crippen LogP contribution in [0.4, 0.5) is 8.78 Å². The van der Waals surface area contributed by atoms with Gasteiger partial charge in [0.25, 0.3) is 0 Å². The van der Waals surface area contributed by atoms with Gasteiger partial charge in [0, 0.05) is 37.8 Å². The summed E-state index contributed by atoms with van der Waals surface area (Å²) in [6.07, 6.45) is 9.11. The molecule has 196 valence electrons. The van der Waals surface area contributed by atoms with Gasteiger partial charge < -0.3 is 9.58 Å². The standard InChI is InChI=1S/C31H37F2N3O/c1-3-4-18-35(2)34-21-26-20-27(30(37)17-15-23-14-16-28(32)29(33)19-23)31(25-12-8-9-13-25)36(26)22-24-10-6-5-7-11-24/h5-7,10-11,14,16,19-21,25H,3-4,8-9,12-13,15,17-18,22H2,1-2H3/b34-21+. The zero-order chi connectivity index (χ0) is 26.2. The van der Waals surface area contributed by atoms with Crippen molar-refractivity contribution in [3.63, 3.8) is 0 Å². The van der Waals surface area contributed by atoms with E-state index < -0.39 is 11.6 Å². The average Bonchev–Trinajstić information content (AvgIpc) is 3.55. The molecule has 0 unspecified atom stereocenters. The molecule has 0 atom stereocenters. The predicted octanol–water partition coefficient (Wildman–Crippen LogP) is 7.35. The summed E-state index contributed by atoms with van der Waals surface area (Å²) >= 11 is 0. The highest BCUT2D eigenvalue weighted by molar-refractivity contribution is 5.99. The van der Waals surface area contributed by atoms with Gasteiger partial charge in [-0.1, -0.05) is 62.6 Å². The maximum absolute atomic E-state index is 13.7. The summed E-state index contributed by atoms with van der Waals surface area (Å²) in [4.78, 5) is 13.6. The summed E-state index contributed by atoms with van der Waals surface area (Å²) in [5.74, 6) is -1.39. The number of halogens is 2. The quantitative estimate of drug-likeness (QED) is 0.147. The van der Waals surface area contributed by atoms with E-state index in [9.17, 15) is 13.6 Å². The summed E-state index contributed by atoms with van der Waals surface area (Å²) in [5.41, 5.74) is 4.55. The molecule has 0 radical (unpaired) electrons. The number of rotatable bonds is 12. The molecule has 1 aliphatic carbocycles. The Morgan fingerprint density at radius 3 is 2.51 bits per heavy atom. The molecule has 1 saturated carbocycles. The smallest absolute Gasteiger partial charge is 0.165 e. The molecule has 0 aliphatic heterocycles. The molecule has 4 nitrogen and oxygen atoms in total. The lowest BCUT2D eigenvalue weighted by Crippen LogP contribution is -2.15. The lowest BCUT2D eigenvalue weighted by molar-refractivity contribution is 0.0981. The molecule has 0 saturated heterocycles. The molecule has 2 aromatic carbocycles. The molecule has 0 amide bonds. The van der Waals surface area contributed by atoms with Crippen molar-refractivity contribution in [3.8, 4) is 0 Å². The summed E-state index contributed by atoms with van der Waals surface area (Å²) < 4.78 is 29.3. The fourth-order valence-corrected chi connectivity index (χ4v) is 5.19. The molecule has 3 aromatic rings. The summed E-state index contributed by atoms with van der Waals surface area (Å²) in [5, 5.41) is 6.63. The van der Waals surface area contributed by atoms with E-state index in [-0.39, 0.29) is 12.2 Å². The SMILES string of the molecule is CCCCN(C)/N=C/c1cc(C(=O)CCc2ccc(F)c(F)c2)c(C2CCCC2)n1Cc1ccccc1. The first kappa shape index (κ1) is 26.8. The number of hydrogen-bond acceptors (Lipinski definition) is 3. The molecule has 0 N–H and O–H groups in total. The molecule has 6 heteroatoms. The number of carbonyl (C=O) groups is 1. The monoisotopic (exact) mass is 505 g/mol. The van der Waals surface area contributed by atoms with Crippen LogP contribution < -0.4 is 0 Å². The molecule has 1 aliphatic rings. The minimum absolute atomic E-state index is 0.0347. The molecule has 37 heavy (non-hydrogen) atoms. The van der Waals surface area contributed by atoms with Gasteiger partial charge in [-0.3, -0.25) is 4.79 Å². The van der Waals surface area contributed by atoms with E-state index in [0.717, 1.165) is 68.1 Å². The van der Waals surface area contributed by atoms with Gasteiger partial charge in [0.1, 0.15) is 0 Å². The van der Waals surface area contributed by atoms with Gasteiger partial charge in [-0.05, 0) is 60.9 Å². The molecule has 1 aromatic heterocycles. The molecular formula is C31H37F2N3O. The van der Waals surface area contributed by atoms with Crippen molar-refractivity contribution in [1.82, 2.24) is 9.58 Å². The zero-order valence-corrected chi connectivity index (χ0v) is 21.9. The van der Waals surface area contributed by atoms with Crippen LogP contribution in [-0.4, -0.2) is 35.2 Å². The van der Waals surface area contributed by atoms with Gasteiger partial charge in [-0.25, -0.2) is 8.78 Å². The van der Waals surface area contributed by atoms with Crippen LogP contribution in [-0.2, 0) is 13.0 Å². The molecule has 4 rings (SSSR count). The first-order valence-electron chi connectivity index (χ1n) is 13.5. The minimum atomic E-state index is -0.878. The van der Waals surface area contributed by atoms with Crippen LogP contribution >= 0.6 is 0 Å². The Morgan fingerprint density at radius 1 is 1.05 bits per heavy atom. The highest BCUT2D eigenvalue weighted by Crippen LogP contribution is 2.38. The van der Waals surface area contributed by atoms with Crippen LogP contribution in [0, 0.1) is 11.6 Å². The number of aromatic nitrogens is 1. The first-order valence-corrected chi connectivity index (χ1v) is 13.5. The summed E-state index contributed by atoms with van der Waals surface area (Å²) in [7, 11) is 1.97. The molecule has 0 bridgehead atoms. The second-order valence-corrected chi connectivity index (χ2v) is 10.1. The number of ketones is 1. The average molecular weight is 506 g/mol. The predicted molar refractivity (Wildman–Crippen MR) is 145 cm³/mol. The number of hydrazone groups is 1. The maximum Gasteiger partial charge on any atom is 0.165 e. The second-order valence-electron chi connectivity index (χ2n) is 10.1. The Labute approximate surface area is 219 Å². The van der Waals surface area contributed by atoms with Gasteiger partial charge in [0.2, 0.25) is 0 Å². The second kappa shape index (κ2) is 12.8. The summed E-state index contributed by atoms with van der Waals surface area (Å²) in [6, 6.07) is 16.1. The Bertz CT molecular complexity index is 1210. The van der Waals surface area contributed by atoms with Crippen molar-refractivity contribution < 1.29 is 13.6 Å². The third-order valence-corrected chi connectivity index (χ3v) is 7.24. The van der Waals surface area contributed by atoms with Crippen molar-refractivity contribution in [2.24, 2.45) is 5.10 Å².